The molecule has 0 spiro atoms. The second-order valence-corrected chi connectivity index (χ2v) is 6.31. The van der Waals surface area contributed by atoms with Crippen LogP contribution in [0, 0.1) is 5.92 Å². The van der Waals surface area contributed by atoms with Gasteiger partial charge in [-0.25, -0.2) is 4.98 Å². The van der Waals surface area contributed by atoms with Crippen LogP contribution >= 0.6 is 0 Å². The molecule has 1 fully saturated rings. The van der Waals surface area contributed by atoms with E-state index in [1.54, 1.807) is 6.20 Å². The molecule has 2 aromatic heterocycles. The zero-order valence-electron chi connectivity index (χ0n) is 14.1. The summed E-state index contributed by atoms with van der Waals surface area (Å²) >= 11 is 0. The molecule has 4 rings (SSSR count). The summed E-state index contributed by atoms with van der Waals surface area (Å²) < 4.78 is 11.2. The van der Waals surface area contributed by atoms with Crippen molar-refractivity contribution in [3.05, 3.63) is 48.5 Å². The topological polar surface area (TPSA) is 94.3 Å². The number of amides is 1. The van der Waals surface area contributed by atoms with Gasteiger partial charge in [0, 0.05) is 24.4 Å². The molecule has 7 nitrogen and oxygen atoms in total. The summed E-state index contributed by atoms with van der Waals surface area (Å²) in [6.07, 6.45) is 4.22. The number of carbonyl (C=O) groups is 2. The van der Waals surface area contributed by atoms with Crippen LogP contribution in [0.4, 0.5) is 6.01 Å². The van der Waals surface area contributed by atoms with E-state index in [1.165, 1.54) is 13.1 Å². The number of Topliss-reactive ketones (excluding diaryl/α,β-unsaturated/α-hetero) is 1. The number of anilines is 1. The first-order valence-corrected chi connectivity index (χ1v) is 8.38. The van der Waals surface area contributed by atoms with E-state index in [0.717, 1.165) is 16.7 Å². The molecule has 1 aromatic carbocycles. The predicted octanol–water partition coefficient (Wildman–Crippen LogP) is 3.22. The number of pyridine rings is 1. The standard InChI is InChI=1S/C19H17N3O4/c1-11(23)16-10-21-19(26-16)22-18(24)13-8-14(9-13)25-15-6-2-4-12-5-3-7-20-17(12)15/h2-7,10,13-14H,8-9H2,1H3,(H,21,22,24). The van der Waals surface area contributed by atoms with Crippen LogP contribution in [-0.2, 0) is 4.79 Å². The molecule has 0 bridgehead atoms. The Bertz CT molecular complexity index is 970. The SMILES string of the molecule is CC(=O)c1cnc(NC(=O)C2CC(Oc3cccc4cccnc34)C2)o1. The van der Waals surface area contributed by atoms with Gasteiger partial charge in [0.05, 0.1) is 6.20 Å². The van der Waals surface area contributed by atoms with Crippen molar-refractivity contribution in [2.75, 3.05) is 5.32 Å². The number of ether oxygens (including phenoxy) is 1. The maximum atomic E-state index is 12.2. The summed E-state index contributed by atoms with van der Waals surface area (Å²) in [5.74, 6) is 0.261. The van der Waals surface area contributed by atoms with E-state index in [1.807, 2.05) is 30.3 Å². The largest absolute Gasteiger partial charge is 0.488 e. The maximum Gasteiger partial charge on any atom is 0.302 e. The molecule has 1 aliphatic rings. The molecule has 7 heteroatoms. The zero-order chi connectivity index (χ0) is 18.1. The van der Waals surface area contributed by atoms with E-state index in [0.29, 0.717) is 12.8 Å². The number of hydrogen-bond acceptors (Lipinski definition) is 6. The van der Waals surface area contributed by atoms with Gasteiger partial charge < -0.3 is 9.15 Å². The summed E-state index contributed by atoms with van der Waals surface area (Å²) in [7, 11) is 0. The van der Waals surface area contributed by atoms with E-state index in [9.17, 15) is 9.59 Å². The Balaban J connectivity index is 1.34. The number of oxazole rings is 1. The van der Waals surface area contributed by atoms with Gasteiger partial charge in [-0.15, -0.1) is 0 Å². The molecular weight excluding hydrogens is 334 g/mol. The monoisotopic (exact) mass is 351 g/mol. The minimum absolute atomic E-state index is 0.0318. The molecule has 3 aromatic rings. The molecule has 1 aliphatic carbocycles. The number of nitrogens with zero attached hydrogens (tertiary/aromatic N) is 2. The van der Waals surface area contributed by atoms with Crippen molar-refractivity contribution in [1.29, 1.82) is 0 Å². The molecule has 1 N–H and O–H groups in total. The summed E-state index contributed by atoms with van der Waals surface area (Å²) in [6, 6.07) is 9.71. The minimum Gasteiger partial charge on any atom is -0.488 e. The Kier molecular flexibility index (Phi) is 4.12. The van der Waals surface area contributed by atoms with Crippen LogP contribution in [-0.4, -0.2) is 27.8 Å². The zero-order valence-corrected chi connectivity index (χ0v) is 14.1. The maximum absolute atomic E-state index is 12.2. The fourth-order valence-corrected chi connectivity index (χ4v) is 2.93. The highest BCUT2D eigenvalue weighted by molar-refractivity contribution is 5.93. The van der Waals surface area contributed by atoms with Gasteiger partial charge >= 0.3 is 6.01 Å². The molecule has 2 heterocycles. The average molecular weight is 351 g/mol. The highest BCUT2D eigenvalue weighted by Gasteiger charge is 2.37. The van der Waals surface area contributed by atoms with Gasteiger partial charge in [-0.3, -0.25) is 19.9 Å². The van der Waals surface area contributed by atoms with Gasteiger partial charge in [0.25, 0.3) is 0 Å². The number of aromatic nitrogens is 2. The highest BCUT2D eigenvalue weighted by atomic mass is 16.5. The van der Waals surface area contributed by atoms with Gasteiger partial charge in [0.15, 0.2) is 11.5 Å². The number of nitrogens with one attached hydrogen (secondary N) is 1. The molecule has 132 valence electrons. The smallest absolute Gasteiger partial charge is 0.302 e. The summed E-state index contributed by atoms with van der Waals surface area (Å²) in [5, 5.41) is 3.61. The van der Waals surface area contributed by atoms with Crippen LogP contribution < -0.4 is 10.1 Å². The predicted molar refractivity (Wildman–Crippen MR) is 94.0 cm³/mol. The minimum atomic E-state index is -0.237. The van der Waals surface area contributed by atoms with Crippen molar-refractivity contribution in [3.8, 4) is 5.75 Å². The Morgan fingerprint density at radius 2 is 2.00 bits per heavy atom. The first-order valence-electron chi connectivity index (χ1n) is 8.38. The Morgan fingerprint density at radius 1 is 1.19 bits per heavy atom. The van der Waals surface area contributed by atoms with E-state index in [2.05, 4.69) is 15.3 Å². The van der Waals surface area contributed by atoms with Crippen molar-refractivity contribution in [2.45, 2.75) is 25.9 Å². The summed E-state index contributed by atoms with van der Waals surface area (Å²) in [4.78, 5) is 31.7. The lowest BCUT2D eigenvalue weighted by atomic mass is 9.81. The molecule has 0 atom stereocenters. The number of hydrogen-bond donors (Lipinski definition) is 1. The number of carbonyl (C=O) groups excluding carboxylic acids is 2. The van der Waals surface area contributed by atoms with Crippen molar-refractivity contribution in [1.82, 2.24) is 9.97 Å². The van der Waals surface area contributed by atoms with Gasteiger partial charge in [0.2, 0.25) is 5.91 Å². The third kappa shape index (κ3) is 3.15. The second-order valence-electron chi connectivity index (χ2n) is 6.31. The van der Waals surface area contributed by atoms with Gasteiger partial charge in [0.1, 0.15) is 17.4 Å². The fraction of sp³-hybridized carbons (Fsp3) is 0.263. The van der Waals surface area contributed by atoms with Crippen LogP contribution in [0.25, 0.3) is 10.9 Å². The molecular formula is C19H17N3O4. The van der Waals surface area contributed by atoms with E-state index < -0.39 is 0 Å². The van der Waals surface area contributed by atoms with Crippen molar-refractivity contribution in [2.24, 2.45) is 5.92 Å². The average Bonchev–Trinajstić information content (AvgIpc) is 3.06. The van der Waals surface area contributed by atoms with E-state index >= 15 is 0 Å². The van der Waals surface area contributed by atoms with Crippen LogP contribution in [0.3, 0.4) is 0 Å². The second kappa shape index (κ2) is 6.59. The Labute approximate surface area is 149 Å². The lowest BCUT2D eigenvalue weighted by Crippen LogP contribution is -2.40. The van der Waals surface area contributed by atoms with Crippen LogP contribution in [0.2, 0.25) is 0 Å². The lowest BCUT2D eigenvalue weighted by Gasteiger charge is -2.34. The number of rotatable bonds is 5. The molecule has 0 saturated heterocycles. The van der Waals surface area contributed by atoms with Gasteiger partial charge in [-0.05, 0) is 25.0 Å². The van der Waals surface area contributed by atoms with E-state index in [-0.39, 0.29) is 35.5 Å². The Hall–Kier alpha value is -3.22. The summed E-state index contributed by atoms with van der Waals surface area (Å²) in [6.45, 7) is 1.38. The quantitative estimate of drug-likeness (QED) is 0.709. The Morgan fingerprint density at radius 3 is 2.77 bits per heavy atom. The number of benzene rings is 1. The molecule has 0 unspecified atom stereocenters. The number of fused-ring (bicyclic) bond motifs is 1. The third-order valence-electron chi connectivity index (χ3n) is 4.44. The number of ketones is 1. The van der Waals surface area contributed by atoms with E-state index in [4.69, 9.17) is 9.15 Å². The summed E-state index contributed by atoms with van der Waals surface area (Å²) in [5.41, 5.74) is 0.819. The molecule has 0 aliphatic heterocycles. The van der Waals surface area contributed by atoms with Gasteiger partial charge in [-0.1, -0.05) is 18.2 Å². The third-order valence-corrected chi connectivity index (χ3v) is 4.44. The molecule has 1 amide bonds. The molecule has 1 saturated carbocycles. The van der Waals surface area contributed by atoms with Crippen molar-refractivity contribution in [3.63, 3.8) is 0 Å². The van der Waals surface area contributed by atoms with Crippen molar-refractivity contribution >= 4 is 28.6 Å². The number of para-hydroxylation sites is 1. The lowest BCUT2D eigenvalue weighted by molar-refractivity contribution is -0.125. The van der Waals surface area contributed by atoms with Gasteiger partial charge in [-0.2, -0.15) is 0 Å². The van der Waals surface area contributed by atoms with Crippen LogP contribution in [0.1, 0.15) is 30.3 Å². The molecule has 0 radical (unpaired) electrons. The van der Waals surface area contributed by atoms with Crippen LogP contribution in [0.15, 0.2) is 47.1 Å². The highest BCUT2D eigenvalue weighted by Crippen LogP contribution is 2.34. The normalized spacial score (nSPS) is 19.0. The first-order chi connectivity index (χ1) is 12.6. The first kappa shape index (κ1) is 16.3. The van der Waals surface area contributed by atoms with Crippen molar-refractivity contribution < 1.29 is 18.7 Å². The van der Waals surface area contributed by atoms with Crippen LogP contribution in [0.5, 0.6) is 5.75 Å². The fourth-order valence-electron chi connectivity index (χ4n) is 2.93. The molecule has 26 heavy (non-hydrogen) atoms.